The Bertz CT molecular complexity index is 358. The first kappa shape index (κ1) is 16.0. The van der Waals surface area contributed by atoms with Gasteiger partial charge in [0.05, 0.1) is 19.1 Å². The van der Waals surface area contributed by atoms with Crippen LogP contribution in [0.4, 0.5) is 4.79 Å². The van der Waals surface area contributed by atoms with E-state index in [0.29, 0.717) is 26.1 Å². The van der Waals surface area contributed by atoms with E-state index < -0.39 is 11.9 Å². The van der Waals surface area contributed by atoms with E-state index in [9.17, 15) is 9.59 Å². The van der Waals surface area contributed by atoms with Gasteiger partial charge in [-0.25, -0.2) is 4.79 Å². The second-order valence-electron chi connectivity index (χ2n) is 5.66. The third-order valence-electron chi connectivity index (χ3n) is 4.09. The van der Waals surface area contributed by atoms with Gasteiger partial charge in [-0.1, -0.05) is 0 Å². The Morgan fingerprint density at radius 1 is 1.24 bits per heavy atom. The molecule has 7 nitrogen and oxygen atoms in total. The fourth-order valence-corrected chi connectivity index (χ4v) is 2.80. The Labute approximate surface area is 125 Å². The van der Waals surface area contributed by atoms with Crippen molar-refractivity contribution in [3.63, 3.8) is 0 Å². The lowest BCUT2D eigenvalue weighted by molar-refractivity contribution is -0.143. The molecule has 2 amide bonds. The van der Waals surface area contributed by atoms with E-state index >= 15 is 0 Å². The zero-order chi connectivity index (χ0) is 15.1. The maximum Gasteiger partial charge on any atom is 0.317 e. The highest BCUT2D eigenvalue weighted by atomic mass is 16.5. The van der Waals surface area contributed by atoms with Gasteiger partial charge in [0, 0.05) is 32.7 Å². The average molecular weight is 299 g/mol. The number of likely N-dealkylation sites (tertiary alicyclic amines) is 1. The van der Waals surface area contributed by atoms with Gasteiger partial charge in [-0.05, 0) is 25.8 Å². The summed E-state index contributed by atoms with van der Waals surface area (Å²) in [5.74, 6) is -1.22. The number of carbonyl (C=O) groups excluding carboxylic acids is 1. The molecule has 1 atom stereocenters. The molecule has 0 aromatic rings. The number of carboxylic acids is 1. The summed E-state index contributed by atoms with van der Waals surface area (Å²) in [5.41, 5.74) is 0. The molecule has 2 heterocycles. The lowest BCUT2D eigenvalue weighted by Gasteiger charge is -2.31. The van der Waals surface area contributed by atoms with Crippen LogP contribution in [0.5, 0.6) is 0 Å². The molecule has 2 fully saturated rings. The monoisotopic (exact) mass is 299 g/mol. The largest absolute Gasteiger partial charge is 0.481 e. The summed E-state index contributed by atoms with van der Waals surface area (Å²) >= 11 is 0. The van der Waals surface area contributed by atoms with Crippen LogP contribution in [0.15, 0.2) is 0 Å². The highest BCUT2D eigenvalue weighted by Crippen LogP contribution is 2.16. The number of aliphatic carboxylic acids is 1. The van der Waals surface area contributed by atoms with Gasteiger partial charge in [0.25, 0.3) is 0 Å². The molecule has 2 saturated heterocycles. The van der Waals surface area contributed by atoms with Gasteiger partial charge in [0.2, 0.25) is 0 Å². The van der Waals surface area contributed by atoms with Crippen LogP contribution in [0.3, 0.4) is 0 Å². The number of ether oxygens (including phenoxy) is 1. The maximum absolute atomic E-state index is 12.0. The van der Waals surface area contributed by atoms with Crippen LogP contribution in [-0.2, 0) is 9.53 Å². The van der Waals surface area contributed by atoms with Gasteiger partial charge in [0.15, 0.2) is 0 Å². The number of hydrogen-bond donors (Lipinski definition) is 2. The van der Waals surface area contributed by atoms with Gasteiger partial charge in [0.1, 0.15) is 0 Å². The molecule has 21 heavy (non-hydrogen) atoms. The molecule has 0 aromatic heterocycles. The molecule has 0 unspecified atom stereocenters. The molecular weight excluding hydrogens is 274 g/mol. The number of nitrogens with one attached hydrogen (secondary N) is 1. The van der Waals surface area contributed by atoms with E-state index in [1.165, 1.54) is 0 Å². The summed E-state index contributed by atoms with van der Waals surface area (Å²) < 4.78 is 5.29. The van der Waals surface area contributed by atoms with Gasteiger partial charge >= 0.3 is 12.0 Å². The molecule has 7 heteroatoms. The molecule has 2 rings (SSSR count). The zero-order valence-corrected chi connectivity index (χ0v) is 12.4. The predicted octanol–water partition coefficient (Wildman–Crippen LogP) is 0.215. The minimum absolute atomic E-state index is 0.136. The molecule has 0 saturated carbocycles. The van der Waals surface area contributed by atoms with Gasteiger partial charge in [-0.3, -0.25) is 9.69 Å². The summed E-state index contributed by atoms with van der Waals surface area (Å²) in [6, 6.07) is -0.136. The van der Waals surface area contributed by atoms with E-state index in [-0.39, 0.29) is 6.03 Å². The SMILES string of the molecule is O=C(O)[C@@H]1CCCN(C(=O)NCCCN2CCOCC2)C1. The fourth-order valence-electron chi connectivity index (χ4n) is 2.80. The van der Waals surface area contributed by atoms with Crippen molar-refractivity contribution in [1.29, 1.82) is 0 Å². The fraction of sp³-hybridized carbons (Fsp3) is 0.857. The normalized spacial score (nSPS) is 23.8. The van der Waals surface area contributed by atoms with Crippen molar-refractivity contribution in [1.82, 2.24) is 15.1 Å². The van der Waals surface area contributed by atoms with Crippen molar-refractivity contribution in [2.45, 2.75) is 19.3 Å². The number of amides is 2. The third-order valence-corrected chi connectivity index (χ3v) is 4.09. The lowest BCUT2D eigenvalue weighted by Crippen LogP contribution is -2.47. The number of rotatable bonds is 5. The lowest BCUT2D eigenvalue weighted by atomic mass is 9.99. The maximum atomic E-state index is 12.0. The van der Waals surface area contributed by atoms with Gasteiger partial charge in [-0.15, -0.1) is 0 Å². The van der Waals surface area contributed by atoms with Crippen LogP contribution >= 0.6 is 0 Å². The number of morpholine rings is 1. The molecule has 2 aliphatic rings. The number of piperidine rings is 1. The highest BCUT2D eigenvalue weighted by Gasteiger charge is 2.27. The zero-order valence-electron chi connectivity index (χ0n) is 12.4. The quantitative estimate of drug-likeness (QED) is 0.710. The number of urea groups is 1. The van der Waals surface area contributed by atoms with Crippen molar-refractivity contribution in [2.75, 3.05) is 52.5 Å². The summed E-state index contributed by atoms with van der Waals surface area (Å²) in [7, 11) is 0. The van der Waals surface area contributed by atoms with Crippen LogP contribution < -0.4 is 5.32 Å². The van der Waals surface area contributed by atoms with Crippen LogP contribution in [0, 0.1) is 5.92 Å². The molecule has 120 valence electrons. The summed E-state index contributed by atoms with van der Waals surface area (Å²) in [5, 5.41) is 11.9. The van der Waals surface area contributed by atoms with Crippen molar-refractivity contribution < 1.29 is 19.4 Å². The number of hydrogen-bond acceptors (Lipinski definition) is 4. The summed E-state index contributed by atoms with van der Waals surface area (Å²) in [4.78, 5) is 26.9. The van der Waals surface area contributed by atoms with Gasteiger partial charge < -0.3 is 20.1 Å². The smallest absolute Gasteiger partial charge is 0.317 e. The molecular formula is C14H25N3O4. The Kier molecular flexibility index (Phi) is 6.25. The van der Waals surface area contributed by atoms with Gasteiger partial charge in [-0.2, -0.15) is 0 Å². The predicted molar refractivity (Wildman–Crippen MR) is 77.2 cm³/mol. The van der Waals surface area contributed by atoms with E-state index in [2.05, 4.69) is 10.2 Å². The topological polar surface area (TPSA) is 82.1 Å². The molecule has 0 aromatic carbocycles. The number of carboxylic acid groups (broad SMARTS) is 1. The molecule has 0 spiro atoms. The molecule has 0 aliphatic carbocycles. The van der Waals surface area contributed by atoms with Crippen molar-refractivity contribution in [2.24, 2.45) is 5.92 Å². The number of carbonyl (C=O) groups is 2. The number of nitrogens with zero attached hydrogens (tertiary/aromatic N) is 2. The van der Waals surface area contributed by atoms with E-state index in [4.69, 9.17) is 9.84 Å². The highest BCUT2D eigenvalue weighted by molar-refractivity contribution is 5.76. The molecule has 0 bridgehead atoms. The second-order valence-corrected chi connectivity index (χ2v) is 5.66. The Morgan fingerprint density at radius 2 is 2.00 bits per heavy atom. The Balaban J connectivity index is 1.61. The van der Waals surface area contributed by atoms with E-state index in [1.54, 1.807) is 4.90 Å². The summed E-state index contributed by atoms with van der Waals surface area (Å²) in [6.45, 7) is 6.06. The van der Waals surface area contributed by atoms with Crippen LogP contribution in [0.2, 0.25) is 0 Å². The summed E-state index contributed by atoms with van der Waals surface area (Å²) in [6.07, 6.45) is 2.33. The Morgan fingerprint density at radius 3 is 2.71 bits per heavy atom. The van der Waals surface area contributed by atoms with Crippen molar-refractivity contribution >= 4 is 12.0 Å². The van der Waals surface area contributed by atoms with E-state index in [1.807, 2.05) is 0 Å². The van der Waals surface area contributed by atoms with Crippen LogP contribution in [0.1, 0.15) is 19.3 Å². The minimum Gasteiger partial charge on any atom is -0.481 e. The van der Waals surface area contributed by atoms with Crippen LogP contribution in [-0.4, -0.2) is 79.4 Å². The molecule has 0 radical (unpaired) electrons. The van der Waals surface area contributed by atoms with Crippen molar-refractivity contribution in [3.05, 3.63) is 0 Å². The van der Waals surface area contributed by atoms with Crippen LogP contribution in [0.25, 0.3) is 0 Å². The first-order chi connectivity index (χ1) is 10.2. The third kappa shape index (κ3) is 5.17. The van der Waals surface area contributed by atoms with E-state index in [0.717, 1.165) is 45.7 Å². The standard InChI is InChI=1S/C14H25N3O4/c18-13(19)12-3-1-6-17(11-12)14(20)15-4-2-5-16-7-9-21-10-8-16/h12H,1-11H2,(H,15,20)(H,18,19)/t12-/m1/s1. The average Bonchev–Trinajstić information content (AvgIpc) is 2.52. The minimum atomic E-state index is -0.806. The first-order valence-corrected chi connectivity index (χ1v) is 7.72. The molecule has 2 aliphatic heterocycles. The van der Waals surface area contributed by atoms with Crippen molar-refractivity contribution in [3.8, 4) is 0 Å². The first-order valence-electron chi connectivity index (χ1n) is 7.72. The second kappa shape index (κ2) is 8.19. The Hall–Kier alpha value is -1.34. The molecule has 2 N–H and O–H groups in total.